The second-order valence-corrected chi connectivity index (χ2v) is 10.8. The fraction of sp³-hybridized carbons (Fsp3) is 0.312. The summed E-state index contributed by atoms with van der Waals surface area (Å²) in [5.41, 5.74) is 8.28. The highest BCUT2D eigenvalue weighted by Gasteiger charge is 2.37. The van der Waals surface area contributed by atoms with E-state index in [2.05, 4.69) is 47.4 Å². The number of morpholine rings is 1. The molecule has 1 N–H and O–H groups in total. The van der Waals surface area contributed by atoms with Crippen LogP contribution in [-0.4, -0.2) is 57.0 Å². The number of benzene rings is 2. The second-order valence-electron chi connectivity index (χ2n) is 10.8. The number of fused-ring (bicyclic) bond motifs is 2. The van der Waals surface area contributed by atoms with Crippen molar-refractivity contribution < 1.29 is 14.6 Å². The molecular formula is C32H31N5O3. The van der Waals surface area contributed by atoms with Crippen molar-refractivity contribution in [3.05, 3.63) is 89.9 Å². The van der Waals surface area contributed by atoms with Crippen molar-refractivity contribution in [2.24, 2.45) is 0 Å². The van der Waals surface area contributed by atoms with E-state index in [1.807, 2.05) is 35.0 Å². The van der Waals surface area contributed by atoms with Crippen LogP contribution < -0.4 is 4.90 Å². The SMILES string of the molecule is O=C(O)CCc1ccc(-c2c(C3CC(c4ccc5ccccc5n4)C3)nc3c(N4CCOCC4)ccnn23)cc1. The predicted octanol–water partition coefficient (Wildman–Crippen LogP) is 5.46. The molecule has 3 aromatic heterocycles. The quantitative estimate of drug-likeness (QED) is 0.297. The number of carboxylic acids is 1. The van der Waals surface area contributed by atoms with Crippen LogP contribution in [0.3, 0.4) is 0 Å². The van der Waals surface area contributed by atoms with Gasteiger partial charge in [0.1, 0.15) is 0 Å². The number of pyridine rings is 1. The Morgan fingerprint density at radius 3 is 2.52 bits per heavy atom. The second kappa shape index (κ2) is 10.4. The summed E-state index contributed by atoms with van der Waals surface area (Å²) in [5.74, 6) is -0.0787. The summed E-state index contributed by atoms with van der Waals surface area (Å²) >= 11 is 0. The van der Waals surface area contributed by atoms with Crippen LogP contribution in [-0.2, 0) is 16.0 Å². The average molecular weight is 534 g/mol. The van der Waals surface area contributed by atoms with E-state index in [-0.39, 0.29) is 6.42 Å². The summed E-state index contributed by atoms with van der Waals surface area (Å²) in [6.07, 6.45) is 4.48. The Balaban J connectivity index is 1.24. The van der Waals surface area contributed by atoms with Crippen LogP contribution in [0.2, 0.25) is 0 Å². The van der Waals surface area contributed by atoms with Gasteiger partial charge < -0.3 is 14.7 Å². The van der Waals surface area contributed by atoms with Gasteiger partial charge in [-0.25, -0.2) is 9.50 Å². The van der Waals surface area contributed by atoms with Gasteiger partial charge in [0.05, 0.1) is 42.0 Å². The number of aryl methyl sites for hydroxylation is 1. The molecule has 40 heavy (non-hydrogen) atoms. The summed E-state index contributed by atoms with van der Waals surface area (Å²) in [6.45, 7) is 3.06. The molecule has 2 aliphatic rings. The van der Waals surface area contributed by atoms with Crippen molar-refractivity contribution in [2.75, 3.05) is 31.2 Å². The van der Waals surface area contributed by atoms with E-state index >= 15 is 0 Å². The van der Waals surface area contributed by atoms with Crippen molar-refractivity contribution in [3.63, 3.8) is 0 Å². The van der Waals surface area contributed by atoms with E-state index in [0.29, 0.717) is 31.5 Å². The van der Waals surface area contributed by atoms with Crippen LogP contribution in [0.4, 0.5) is 5.69 Å². The molecule has 2 aromatic carbocycles. The number of aromatic nitrogens is 4. The number of nitrogens with zero attached hydrogens (tertiary/aromatic N) is 5. The molecule has 1 aliphatic heterocycles. The van der Waals surface area contributed by atoms with Crippen molar-refractivity contribution in [1.82, 2.24) is 19.6 Å². The number of ether oxygens (including phenoxy) is 1. The molecule has 0 spiro atoms. The molecule has 0 bridgehead atoms. The summed E-state index contributed by atoms with van der Waals surface area (Å²) in [7, 11) is 0. The van der Waals surface area contributed by atoms with E-state index in [1.54, 1.807) is 0 Å². The highest BCUT2D eigenvalue weighted by atomic mass is 16.5. The van der Waals surface area contributed by atoms with E-state index in [1.165, 1.54) is 5.39 Å². The summed E-state index contributed by atoms with van der Waals surface area (Å²) in [4.78, 5) is 23.6. The van der Waals surface area contributed by atoms with Gasteiger partial charge in [0, 0.05) is 48.0 Å². The Morgan fingerprint density at radius 2 is 1.73 bits per heavy atom. The van der Waals surface area contributed by atoms with E-state index in [0.717, 1.165) is 71.0 Å². The third-order valence-electron chi connectivity index (χ3n) is 8.29. The zero-order valence-corrected chi connectivity index (χ0v) is 22.2. The van der Waals surface area contributed by atoms with Gasteiger partial charge in [-0.2, -0.15) is 5.10 Å². The summed E-state index contributed by atoms with van der Waals surface area (Å²) < 4.78 is 7.59. The van der Waals surface area contributed by atoms with Crippen molar-refractivity contribution >= 4 is 28.2 Å². The van der Waals surface area contributed by atoms with Crippen LogP contribution in [0.1, 0.15) is 48.0 Å². The summed E-state index contributed by atoms with van der Waals surface area (Å²) in [6, 6.07) is 22.9. The van der Waals surface area contributed by atoms with E-state index in [4.69, 9.17) is 24.9 Å². The van der Waals surface area contributed by atoms with Crippen LogP contribution in [0.25, 0.3) is 27.8 Å². The highest BCUT2D eigenvalue weighted by Crippen LogP contribution is 2.49. The lowest BCUT2D eigenvalue weighted by Gasteiger charge is -2.34. The predicted molar refractivity (Wildman–Crippen MR) is 154 cm³/mol. The van der Waals surface area contributed by atoms with Crippen molar-refractivity contribution in [3.8, 4) is 11.3 Å². The summed E-state index contributed by atoms with van der Waals surface area (Å²) in [5, 5.41) is 15.0. The van der Waals surface area contributed by atoms with Crippen LogP contribution >= 0.6 is 0 Å². The molecule has 2 fully saturated rings. The van der Waals surface area contributed by atoms with Crippen LogP contribution in [0, 0.1) is 0 Å². The molecule has 0 amide bonds. The third-order valence-corrected chi connectivity index (χ3v) is 8.29. The molecule has 5 aromatic rings. The zero-order valence-electron chi connectivity index (χ0n) is 22.2. The molecule has 0 radical (unpaired) electrons. The molecule has 8 heteroatoms. The first-order valence-corrected chi connectivity index (χ1v) is 14.0. The lowest BCUT2D eigenvalue weighted by Crippen LogP contribution is -2.36. The Kier molecular flexibility index (Phi) is 6.40. The smallest absolute Gasteiger partial charge is 0.303 e. The molecule has 7 rings (SSSR count). The largest absolute Gasteiger partial charge is 0.481 e. The Bertz CT molecular complexity index is 1680. The topological polar surface area (TPSA) is 92.8 Å². The number of aliphatic carboxylic acids is 1. The first-order chi connectivity index (χ1) is 19.6. The number of hydrogen-bond donors (Lipinski definition) is 1. The van der Waals surface area contributed by atoms with Crippen LogP contribution in [0.5, 0.6) is 0 Å². The van der Waals surface area contributed by atoms with E-state index in [9.17, 15) is 4.79 Å². The van der Waals surface area contributed by atoms with Gasteiger partial charge in [-0.3, -0.25) is 9.78 Å². The molecule has 4 heterocycles. The Hall–Kier alpha value is -4.30. The van der Waals surface area contributed by atoms with Gasteiger partial charge in [-0.05, 0) is 43.0 Å². The third kappa shape index (κ3) is 4.58. The minimum atomic E-state index is -0.784. The van der Waals surface area contributed by atoms with Gasteiger partial charge in [0.25, 0.3) is 0 Å². The molecule has 1 saturated carbocycles. The maximum atomic E-state index is 11.1. The van der Waals surface area contributed by atoms with Gasteiger partial charge in [0.2, 0.25) is 0 Å². The monoisotopic (exact) mass is 533 g/mol. The van der Waals surface area contributed by atoms with Gasteiger partial charge in [-0.1, -0.05) is 48.5 Å². The first-order valence-electron chi connectivity index (χ1n) is 14.0. The number of carbonyl (C=O) groups is 1. The van der Waals surface area contributed by atoms with E-state index < -0.39 is 5.97 Å². The standard InChI is InChI=1S/C32H31N5O3/c38-29(39)12-7-21-5-8-23(9-6-21)31-30(35-32-28(13-14-33-37(31)32)36-15-17-40-18-16-36)25-19-24(20-25)27-11-10-22-3-1-2-4-26(22)34-27/h1-6,8-11,13-14,24-25H,7,12,15-20H2,(H,38,39). The lowest BCUT2D eigenvalue weighted by atomic mass is 9.71. The molecule has 202 valence electrons. The fourth-order valence-electron chi connectivity index (χ4n) is 6.03. The number of anilines is 1. The maximum Gasteiger partial charge on any atom is 0.303 e. The van der Waals surface area contributed by atoms with Gasteiger partial charge >= 0.3 is 5.97 Å². The molecular weight excluding hydrogens is 502 g/mol. The number of imidazole rings is 1. The Morgan fingerprint density at radius 1 is 0.925 bits per heavy atom. The number of hydrogen-bond acceptors (Lipinski definition) is 6. The molecule has 1 saturated heterocycles. The van der Waals surface area contributed by atoms with Gasteiger partial charge in [-0.15, -0.1) is 0 Å². The minimum Gasteiger partial charge on any atom is -0.481 e. The van der Waals surface area contributed by atoms with Gasteiger partial charge in [0.15, 0.2) is 5.65 Å². The lowest BCUT2D eigenvalue weighted by molar-refractivity contribution is -0.136. The average Bonchev–Trinajstić information content (AvgIpc) is 3.35. The zero-order chi connectivity index (χ0) is 27.1. The first kappa shape index (κ1) is 24.7. The molecule has 8 nitrogen and oxygen atoms in total. The number of carboxylic acid groups (broad SMARTS) is 1. The molecule has 1 aliphatic carbocycles. The molecule has 0 atom stereocenters. The number of rotatable bonds is 7. The molecule has 0 unspecified atom stereocenters. The fourth-order valence-corrected chi connectivity index (χ4v) is 6.03. The van der Waals surface area contributed by atoms with Crippen molar-refractivity contribution in [2.45, 2.75) is 37.5 Å². The highest BCUT2D eigenvalue weighted by molar-refractivity contribution is 5.79. The Labute approximate surface area is 232 Å². The number of para-hydroxylation sites is 1. The van der Waals surface area contributed by atoms with Crippen LogP contribution in [0.15, 0.2) is 72.9 Å². The van der Waals surface area contributed by atoms with Crippen molar-refractivity contribution in [1.29, 1.82) is 0 Å². The maximum absolute atomic E-state index is 11.1. The normalized spacial score (nSPS) is 19.1. The minimum absolute atomic E-state index is 0.122.